The molecule has 0 spiro atoms. The van der Waals surface area contributed by atoms with E-state index in [0.717, 1.165) is 45.5 Å². The molecule has 5 nitrogen and oxygen atoms in total. The molecule has 2 aromatic rings. The summed E-state index contributed by atoms with van der Waals surface area (Å²) in [6, 6.07) is 3.96. The van der Waals surface area contributed by atoms with Crippen LogP contribution in [0.25, 0.3) is 10.6 Å². The van der Waals surface area contributed by atoms with Crippen molar-refractivity contribution >= 4 is 23.4 Å². The van der Waals surface area contributed by atoms with Crippen molar-refractivity contribution in [1.82, 2.24) is 10.3 Å². The molecule has 0 radical (unpaired) electrons. The summed E-state index contributed by atoms with van der Waals surface area (Å²) in [4.78, 5) is 14.1. The van der Waals surface area contributed by atoms with Gasteiger partial charge in [-0.25, -0.2) is 4.98 Å². The molecule has 0 saturated carbocycles. The van der Waals surface area contributed by atoms with Crippen molar-refractivity contribution in [3.63, 3.8) is 0 Å². The van der Waals surface area contributed by atoms with Crippen molar-refractivity contribution in [2.24, 2.45) is 9.98 Å². The summed E-state index contributed by atoms with van der Waals surface area (Å²) in [5, 5.41) is 4.14. The number of aliphatic imine (C=N–C) groups is 2. The van der Waals surface area contributed by atoms with E-state index in [1.165, 1.54) is 6.21 Å². The van der Waals surface area contributed by atoms with Gasteiger partial charge in [-0.1, -0.05) is 44.9 Å². The van der Waals surface area contributed by atoms with Crippen LogP contribution < -0.4 is 10.1 Å². The topological polar surface area (TPSA) is 58.9 Å². The quantitative estimate of drug-likeness (QED) is 0.215. The van der Waals surface area contributed by atoms with Crippen LogP contribution in [0.3, 0.4) is 0 Å². The molecule has 1 aromatic carbocycles. The number of thiazole rings is 1. The first-order valence-electron chi connectivity index (χ1n) is 12.7. The largest absolute Gasteiger partial charge is 0.496 e. The Kier molecular flexibility index (Phi) is 12.5. The maximum absolute atomic E-state index is 13.4. The van der Waals surface area contributed by atoms with Gasteiger partial charge in [0.15, 0.2) is 0 Å². The van der Waals surface area contributed by atoms with E-state index in [4.69, 9.17) is 9.73 Å². The Labute approximate surface area is 228 Å². The number of alkyl halides is 3. The second kappa shape index (κ2) is 15.3. The van der Waals surface area contributed by atoms with Crippen LogP contribution >= 0.6 is 11.3 Å². The van der Waals surface area contributed by atoms with Crippen molar-refractivity contribution in [3.8, 4) is 16.3 Å². The average Bonchev–Trinajstić information content (AvgIpc) is 3.32. The first kappa shape index (κ1) is 31.0. The van der Waals surface area contributed by atoms with Crippen LogP contribution in [0.4, 0.5) is 13.2 Å². The molecule has 1 heterocycles. The Morgan fingerprint density at radius 2 is 1.89 bits per heavy atom. The third kappa shape index (κ3) is 9.28. The fraction of sp³-hybridized carbons (Fsp3) is 0.414. The summed E-state index contributed by atoms with van der Waals surface area (Å²) < 4.78 is 45.8. The van der Waals surface area contributed by atoms with Crippen LogP contribution in [0.1, 0.15) is 62.5 Å². The Morgan fingerprint density at radius 1 is 1.16 bits per heavy atom. The number of hydrogen-bond donors (Lipinski definition) is 1. The summed E-state index contributed by atoms with van der Waals surface area (Å²) in [6.45, 7) is 9.77. The standard InChI is InChI=1S/C29H37F3N4OS/c1-7-10-12-14-33-27(35-19-22(9-3)18-34-26(13-11-8-2)29(30,31)32)24-15-23(16-25(37-6)21(24)5)28-36-17-20(4)38-28/h9,12-18H,7-8,10-11,19H2,1-6H3,(H,33,35)/b14-12+,22-9+,26-13+,34-18+. The maximum Gasteiger partial charge on any atom is 0.433 e. The van der Waals surface area contributed by atoms with Crippen LogP contribution in [-0.2, 0) is 0 Å². The Bertz CT molecular complexity index is 1210. The number of benzene rings is 1. The lowest BCUT2D eigenvalue weighted by atomic mass is 10.0. The second-order valence-electron chi connectivity index (χ2n) is 8.62. The zero-order chi connectivity index (χ0) is 28.1. The number of hydrogen-bond acceptors (Lipinski definition) is 5. The molecular weight excluding hydrogens is 509 g/mol. The zero-order valence-electron chi connectivity index (χ0n) is 22.9. The highest BCUT2D eigenvalue weighted by atomic mass is 32.1. The number of allylic oxidation sites excluding steroid dienone is 4. The first-order chi connectivity index (χ1) is 18.1. The molecule has 0 aliphatic heterocycles. The number of rotatable bonds is 12. The number of nitrogens with zero attached hydrogens (tertiary/aromatic N) is 3. The molecule has 0 aliphatic carbocycles. The number of nitrogens with one attached hydrogen (secondary N) is 1. The fourth-order valence-electron chi connectivity index (χ4n) is 3.41. The molecule has 206 valence electrons. The molecule has 0 atom stereocenters. The lowest BCUT2D eigenvalue weighted by Gasteiger charge is -2.15. The monoisotopic (exact) mass is 546 g/mol. The number of halogens is 3. The Morgan fingerprint density at radius 3 is 2.47 bits per heavy atom. The molecule has 0 bridgehead atoms. The summed E-state index contributed by atoms with van der Waals surface area (Å²) in [6.07, 6.45) is 8.08. The van der Waals surface area contributed by atoms with E-state index >= 15 is 0 Å². The van der Waals surface area contributed by atoms with Crippen LogP contribution in [0, 0.1) is 13.8 Å². The summed E-state index contributed by atoms with van der Waals surface area (Å²) >= 11 is 1.58. The highest BCUT2D eigenvalue weighted by Crippen LogP contribution is 2.32. The minimum absolute atomic E-state index is 0.144. The minimum Gasteiger partial charge on any atom is -0.496 e. The Balaban J connectivity index is 2.49. The lowest BCUT2D eigenvalue weighted by molar-refractivity contribution is -0.0925. The predicted molar refractivity (Wildman–Crippen MR) is 153 cm³/mol. The van der Waals surface area contributed by atoms with E-state index in [1.807, 2.05) is 51.4 Å². The smallest absolute Gasteiger partial charge is 0.433 e. The third-order valence-electron chi connectivity index (χ3n) is 5.57. The van der Waals surface area contributed by atoms with Gasteiger partial charge in [-0.05, 0) is 57.5 Å². The van der Waals surface area contributed by atoms with Gasteiger partial charge >= 0.3 is 6.18 Å². The van der Waals surface area contributed by atoms with Crippen molar-refractivity contribution in [3.05, 3.63) is 70.0 Å². The molecule has 1 N–H and O–H groups in total. The van der Waals surface area contributed by atoms with Gasteiger partial charge < -0.3 is 10.1 Å². The minimum atomic E-state index is -4.51. The zero-order valence-corrected chi connectivity index (χ0v) is 23.8. The molecule has 9 heteroatoms. The average molecular weight is 547 g/mol. The second-order valence-corrected chi connectivity index (χ2v) is 9.86. The van der Waals surface area contributed by atoms with Crippen LogP contribution in [-0.4, -0.2) is 36.9 Å². The van der Waals surface area contributed by atoms with E-state index in [9.17, 15) is 13.2 Å². The Hall–Kier alpha value is -3.20. The fourth-order valence-corrected chi connectivity index (χ4v) is 4.16. The molecule has 0 aliphatic rings. The number of ether oxygens (including phenoxy) is 1. The number of aromatic nitrogens is 1. The van der Waals surface area contributed by atoms with Gasteiger partial charge in [0.05, 0.1) is 13.7 Å². The highest BCUT2D eigenvalue weighted by molar-refractivity contribution is 7.14. The molecule has 0 fully saturated rings. The van der Waals surface area contributed by atoms with Gasteiger partial charge in [0.25, 0.3) is 0 Å². The lowest BCUT2D eigenvalue weighted by Crippen LogP contribution is -2.21. The third-order valence-corrected chi connectivity index (χ3v) is 6.54. The van der Waals surface area contributed by atoms with E-state index in [1.54, 1.807) is 31.4 Å². The predicted octanol–water partition coefficient (Wildman–Crippen LogP) is 8.35. The van der Waals surface area contributed by atoms with Crippen LogP contribution in [0.15, 0.2) is 64.0 Å². The van der Waals surface area contributed by atoms with Gasteiger partial charge in [-0.3, -0.25) is 9.98 Å². The normalized spacial score (nSPS) is 13.7. The van der Waals surface area contributed by atoms with E-state index < -0.39 is 11.9 Å². The highest BCUT2D eigenvalue weighted by Gasteiger charge is 2.33. The SMILES string of the molecule is C\C=C(/C=N/C(=C/CCC)C(F)(F)F)CN=C(N/C=C/CCC)c1cc(-c2ncc(C)s2)cc(OC)c1C. The number of amidine groups is 1. The number of unbranched alkanes of at least 4 members (excludes halogenated alkanes) is 2. The van der Waals surface area contributed by atoms with E-state index in [-0.39, 0.29) is 6.54 Å². The van der Waals surface area contributed by atoms with E-state index in [0.29, 0.717) is 30.0 Å². The molecular formula is C29H37F3N4OS. The first-order valence-corrected chi connectivity index (χ1v) is 13.5. The van der Waals surface area contributed by atoms with Crippen molar-refractivity contribution in [1.29, 1.82) is 0 Å². The van der Waals surface area contributed by atoms with Crippen molar-refractivity contribution in [2.45, 2.75) is 66.5 Å². The summed E-state index contributed by atoms with van der Waals surface area (Å²) in [5.41, 5.74) is 2.27. The van der Waals surface area contributed by atoms with E-state index in [2.05, 4.69) is 22.2 Å². The van der Waals surface area contributed by atoms with Gasteiger partial charge in [0.2, 0.25) is 0 Å². The molecule has 1 aromatic heterocycles. The molecule has 38 heavy (non-hydrogen) atoms. The molecule has 2 rings (SSSR count). The maximum atomic E-state index is 13.4. The summed E-state index contributed by atoms with van der Waals surface area (Å²) in [7, 11) is 1.62. The van der Waals surface area contributed by atoms with Gasteiger partial charge in [-0.2, -0.15) is 13.2 Å². The molecule has 0 unspecified atom stereocenters. The molecule has 0 saturated heterocycles. The molecule has 0 amide bonds. The summed E-state index contributed by atoms with van der Waals surface area (Å²) in [5.74, 6) is 1.27. The van der Waals surface area contributed by atoms with Gasteiger partial charge in [0.1, 0.15) is 22.3 Å². The van der Waals surface area contributed by atoms with Crippen molar-refractivity contribution in [2.75, 3.05) is 13.7 Å². The number of methoxy groups -OCH3 is 1. The van der Waals surface area contributed by atoms with Gasteiger partial charge in [0, 0.05) is 34.0 Å². The van der Waals surface area contributed by atoms with Crippen LogP contribution in [0.2, 0.25) is 0 Å². The van der Waals surface area contributed by atoms with Gasteiger partial charge in [-0.15, -0.1) is 11.3 Å². The van der Waals surface area contributed by atoms with Crippen molar-refractivity contribution < 1.29 is 17.9 Å². The van der Waals surface area contributed by atoms with Crippen LogP contribution in [0.5, 0.6) is 5.75 Å². The number of aryl methyl sites for hydroxylation is 1.